The molecule has 3 rings (SSSR count). The van der Waals surface area contributed by atoms with Crippen LogP contribution < -0.4 is 10.6 Å². The van der Waals surface area contributed by atoms with E-state index in [1.807, 2.05) is 0 Å². The fourth-order valence-corrected chi connectivity index (χ4v) is 2.68. The maximum Gasteiger partial charge on any atom is 0.269 e. The third kappa shape index (κ3) is 4.14. The van der Waals surface area contributed by atoms with Crippen molar-refractivity contribution in [3.8, 4) is 5.69 Å². The second kappa shape index (κ2) is 8.30. The number of carbonyl (C=O) groups is 1. The Balaban J connectivity index is 1.56. The Labute approximate surface area is 160 Å². The van der Waals surface area contributed by atoms with E-state index in [1.54, 1.807) is 37.3 Å². The van der Waals surface area contributed by atoms with Gasteiger partial charge in [0.05, 0.1) is 22.4 Å². The standard InChI is InChI=1S/C19H18FN5O3/c1-13-16(12-23-24(13)18-5-3-2-4-17(18)20)19(26)22-11-10-21-14-6-8-15(9-7-14)25(27)28/h2-9,12,21H,10-11H2,1H3,(H,22,26). The molecule has 0 spiro atoms. The largest absolute Gasteiger partial charge is 0.383 e. The lowest BCUT2D eigenvalue weighted by atomic mass is 10.2. The number of nitrogens with zero attached hydrogens (tertiary/aromatic N) is 3. The maximum atomic E-state index is 13.9. The average molecular weight is 383 g/mol. The number of amides is 1. The first-order chi connectivity index (χ1) is 13.5. The molecule has 0 aliphatic carbocycles. The summed E-state index contributed by atoms with van der Waals surface area (Å²) in [7, 11) is 0. The second-order valence-corrected chi connectivity index (χ2v) is 5.99. The number of hydrogen-bond acceptors (Lipinski definition) is 5. The molecule has 28 heavy (non-hydrogen) atoms. The van der Waals surface area contributed by atoms with Crippen LogP contribution in [0.1, 0.15) is 16.1 Å². The summed E-state index contributed by atoms with van der Waals surface area (Å²) >= 11 is 0. The Morgan fingerprint density at radius 3 is 2.57 bits per heavy atom. The Hall–Kier alpha value is -3.75. The first-order valence-electron chi connectivity index (χ1n) is 8.53. The van der Waals surface area contributed by atoms with E-state index in [9.17, 15) is 19.3 Å². The Morgan fingerprint density at radius 2 is 1.89 bits per heavy atom. The predicted molar refractivity (Wildman–Crippen MR) is 102 cm³/mol. The minimum absolute atomic E-state index is 0.0150. The topological polar surface area (TPSA) is 102 Å². The quantitative estimate of drug-likeness (QED) is 0.371. The molecule has 0 fully saturated rings. The van der Waals surface area contributed by atoms with Gasteiger partial charge in [0, 0.05) is 30.9 Å². The van der Waals surface area contributed by atoms with Gasteiger partial charge < -0.3 is 10.6 Å². The smallest absolute Gasteiger partial charge is 0.269 e. The van der Waals surface area contributed by atoms with Crippen LogP contribution in [0.2, 0.25) is 0 Å². The van der Waals surface area contributed by atoms with E-state index in [0.717, 1.165) is 0 Å². The van der Waals surface area contributed by atoms with Crippen LogP contribution in [0.4, 0.5) is 15.8 Å². The number of nitro benzene ring substituents is 1. The summed E-state index contributed by atoms with van der Waals surface area (Å²) in [5.41, 5.74) is 1.90. The van der Waals surface area contributed by atoms with Crippen LogP contribution in [-0.2, 0) is 0 Å². The summed E-state index contributed by atoms with van der Waals surface area (Å²) in [5, 5.41) is 20.6. The zero-order valence-electron chi connectivity index (χ0n) is 15.1. The van der Waals surface area contributed by atoms with Crippen LogP contribution in [0.15, 0.2) is 54.7 Å². The van der Waals surface area contributed by atoms with Crippen LogP contribution in [0.25, 0.3) is 5.69 Å². The second-order valence-electron chi connectivity index (χ2n) is 5.99. The number of nitro groups is 1. The Morgan fingerprint density at radius 1 is 1.18 bits per heavy atom. The fourth-order valence-electron chi connectivity index (χ4n) is 2.68. The van der Waals surface area contributed by atoms with Crippen LogP contribution in [0.5, 0.6) is 0 Å². The number of non-ortho nitro benzene ring substituents is 1. The number of rotatable bonds is 7. The first-order valence-corrected chi connectivity index (χ1v) is 8.53. The fraction of sp³-hybridized carbons (Fsp3) is 0.158. The van der Waals surface area contributed by atoms with Crippen LogP contribution in [0.3, 0.4) is 0 Å². The molecule has 0 aliphatic rings. The molecule has 1 heterocycles. The lowest BCUT2D eigenvalue weighted by Crippen LogP contribution is -2.29. The lowest BCUT2D eigenvalue weighted by Gasteiger charge is -2.09. The number of carbonyl (C=O) groups excluding carboxylic acids is 1. The lowest BCUT2D eigenvalue weighted by molar-refractivity contribution is -0.384. The van der Waals surface area contributed by atoms with Crippen molar-refractivity contribution in [2.75, 3.05) is 18.4 Å². The number of halogens is 1. The molecule has 0 saturated carbocycles. The van der Waals surface area contributed by atoms with E-state index in [-0.39, 0.29) is 17.3 Å². The molecule has 0 aliphatic heterocycles. The van der Waals surface area contributed by atoms with E-state index in [0.29, 0.717) is 30.0 Å². The van der Waals surface area contributed by atoms with Gasteiger partial charge in [0.25, 0.3) is 11.6 Å². The summed E-state index contributed by atoms with van der Waals surface area (Å²) in [6.45, 7) is 2.47. The van der Waals surface area contributed by atoms with Crippen molar-refractivity contribution < 1.29 is 14.1 Å². The van der Waals surface area contributed by atoms with Gasteiger partial charge >= 0.3 is 0 Å². The molecular formula is C19H18FN5O3. The van der Waals surface area contributed by atoms with Gasteiger partial charge in [0.1, 0.15) is 11.5 Å². The zero-order chi connectivity index (χ0) is 20.1. The predicted octanol–water partition coefficient (Wildman–Crippen LogP) is 3.07. The van der Waals surface area contributed by atoms with Crippen LogP contribution in [0, 0.1) is 22.9 Å². The highest BCUT2D eigenvalue weighted by molar-refractivity contribution is 5.95. The Bertz CT molecular complexity index is 1000. The maximum absolute atomic E-state index is 13.9. The molecule has 0 atom stereocenters. The average Bonchev–Trinajstić information content (AvgIpc) is 3.07. The molecule has 0 saturated heterocycles. The highest BCUT2D eigenvalue weighted by Crippen LogP contribution is 2.17. The summed E-state index contributed by atoms with van der Waals surface area (Å²) in [4.78, 5) is 22.5. The van der Waals surface area contributed by atoms with Crippen molar-refractivity contribution in [2.24, 2.45) is 0 Å². The summed E-state index contributed by atoms with van der Waals surface area (Å²) in [6, 6.07) is 12.2. The molecule has 3 aromatic rings. The minimum Gasteiger partial charge on any atom is -0.383 e. The highest BCUT2D eigenvalue weighted by Gasteiger charge is 2.16. The van der Waals surface area contributed by atoms with E-state index in [2.05, 4.69) is 15.7 Å². The van der Waals surface area contributed by atoms with Gasteiger partial charge in [0.2, 0.25) is 0 Å². The SMILES string of the molecule is Cc1c(C(=O)NCCNc2ccc([N+](=O)[O-])cc2)cnn1-c1ccccc1F. The Kier molecular flexibility index (Phi) is 5.64. The van der Waals surface area contributed by atoms with Gasteiger partial charge in [0.15, 0.2) is 0 Å². The monoisotopic (exact) mass is 383 g/mol. The normalized spacial score (nSPS) is 10.5. The first kappa shape index (κ1) is 19.0. The van der Waals surface area contributed by atoms with Crippen molar-refractivity contribution in [3.63, 3.8) is 0 Å². The minimum atomic E-state index is -0.464. The molecule has 0 bridgehead atoms. The third-order valence-corrected chi connectivity index (χ3v) is 4.15. The van der Waals surface area contributed by atoms with Gasteiger partial charge in [-0.15, -0.1) is 0 Å². The van der Waals surface area contributed by atoms with E-state index in [1.165, 1.54) is 29.1 Å². The highest BCUT2D eigenvalue weighted by atomic mass is 19.1. The summed E-state index contributed by atoms with van der Waals surface area (Å²) in [6.07, 6.45) is 1.40. The van der Waals surface area contributed by atoms with Crippen molar-refractivity contribution in [3.05, 3.63) is 81.9 Å². The van der Waals surface area contributed by atoms with E-state index >= 15 is 0 Å². The molecule has 0 radical (unpaired) electrons. The molecular weight excluding hydrogens is 365 g/mol. The summed E-state index contributed by atoms with van der Waals surface area (Å²) in [5.74, 6) is -0.737. The van der Waals surface area contributed by atoms with Gasteiger partial charge in [-0.1, -0.05) is 12.1 Å². The summed E-state index contributed by atoms with van der Waals surface area (Å²) < 4.78 is 15.3. The third-order valence-electron chi connectivity index (χ3n) is 4.15. The molecule has 1 amide bonds. The molecule has 1 aromatic heterocycles. The number of aromatic nitrogens is 2. The number of benzene rings is 2. The van der Waals surface area contributed by atoms with Crippen molar-refractivity contribution in [1.29, 1.82) is 0 Å². The molecule has 2 N–H and O–H groups in total. The van der Waals surface area contributed by atoms with E-state index in [4.69, 9.17) is 0 Å². The molecule has 8 nitrogen and oxygen atoms in total. The van der Waals surface area contributed by atoms with Gasteiger partial charge in [-0.2, -0.15) is 5.10 Å². The van der Waals surface area contributed by atoms with Crippen LogP contribution in [-0.4, -0.2) is 33.7 Å². The number of hydrogen-bond donors (Lipinski definition) is 2. The van der Waals surface area contributed by atoms with Gasteiger partial charge in [-0.25, -0.2) is 9.07 Å². The molecule has 9 heteroatoms. The van der Waals surface area contributed by atoms with Gasteiger partial charge in [-0.3, -0.25) is 14.9 Å². The van der Waals surface area contributed by atoms with Crippen molar-refractivity contribution in [1.82, 2.24) is 15.1 Å². The number of nitrogens with one attached hydrogen (secondary N) is 2. The zero-order valence-corrected chi connectivity index (χ0v) is 15.1. The van der Waals surface area contributed by atoms with Crippen molar-refractivity contribution >= 4 is 17.3 Å². The molecule has 2 aromatic carbocycles. The van der Waals surface area contributed by atoms with Crippen LogP contribution >= 0.6 is 0 Å². The number of anilines is 1. The number of para-hydroxylation sites is 1. The van der Waals surface area contributed by atoms with Crippen molar-refractivity contribution in [2.45, 2.75) is 6.92 Å². The molecule has 0 unspecified atom stereocenters. The molecule has 144 valence electrons. The van der Waals surface area contributed by atoms with Gasteiger partial charge in [-0.05, 0) is 31.2 Å². The van der Waals surface area contributed by atoms with E-state index < -0.39 is 10.7 Å².